The second kappa shape index (κ2) is 7.00. The summed E-state index contributed by atoms with van der Waals surface area (Å²) < 4.78 is 32.0. The van der Waals surface area contributed by atoms with Crippen molar-refractivity contribution in [3.05, 3.63) is 21.1 Å². The largest absolute Gasteiger partial charge is 0.399 e. The van der Waals surface area contributed by atoms with Crippen LogP contribution in [0.4, 0.5) is 5.69 Å². The summed E-state index contributed by atoms with van der Waals surface area (Å²) in [6.45, 7) is -0.0912. The highest BCUT2D eigenvalue weighted by atomic mass is 79.9. The number of nitrogen functional groups attached to an aromatic ring is 1. The Morgan fingerprint density at radius 3 is 2.42 bits per heavy atom. The van der Waals surface area contributed by atoms with Gasteiger partial charge in [-0.15, -0.1) is 0 Å². The Balaban J connectivity index is 2.95. The molecule has 19 heavy (non-hydrogen) atoms. The number of rotatable bonds is 6. The highest BCUT2D eigenvalue weighted by Gasteiger charge is 2.22. The lowest BCUT2D eigenvalue weighted by molar-refractivity contribution is 0.0679. The number of hydrogen-bond donors (Lipinski definition) is 3. The number of ether oxygens (including phenoxy) is 1. The van der Waals surface area contributed by atoms with E-state index in [1.165, 1.54) is 19.2 Å². The smallest absolute Gasteiger partial charge is 0.242 e. The Labute approximate surface area is 128 Å². The molecule has 6 nitrogen and oxygen atoms in total. The van der Waals surface area contributed by atoms with Crippen molar-refractivity contribution in [3.8, 4) is 0 Å². The molecule has 0 amide bonds. The van der Waals surface area contributed by atoms with E-state index in [1.807, 2.05) is 0 Å². The van der Waals surface area contributed by atoms with E-state index in [0.29, 0.717) is 14.6 Å². The van der Waals surface area contributed by atoms with Crippen LogP contribution in [0.25, 0.3) is 0 Å². The van der Waals surface area contributed by atoms with Crippen LogP contribution in [0.5, 0.6) is 0 Å². The summed E-state index contributed by atoms with van der Waals surface area (Å²) in [5.41, 5.74) is 6.03. The van der Waals surface area contributed by atoms with Crippen LogP contribution in [-0.2, 0) is 14.8 Å². The van der Waals surface area contributed by atoms with Crippen molar-refractivity contribution in [2.24, 2.45) is 0 Å². The van der Waals surface area contributed by atoms with Gasteiger partial charge in [-0.3, -0.25) is 0 Å². The fourth-order valence-electron chi connectivity index (χ4n) is 1.37. The van der Waals surface area contributed by atoms with E-state index >= 15 is 0 Å². The molecule has 1 atom stereocenters. The predicted octanol–water partition coefficient (Wildman–Crippen LogP) is 1.08. The van der Waals surface area contributed by atoms with Crippen molar-refractivity contribution >= 4 is 47.6 Å². The third-order valence-electron chi connectivity index (χ3n) is 2.16. The SMILES string of the molecule is COCC(O)CNS(=O)(=O)c1c(Br)cc(N)cc1Br. The van der Waals surface area contributed by atoms with Crippen LogP contribution < -0.4 is 10.5 Å². The zero-order valence-corrected chi connectivity index (χ0v) is 14.0. The fraction of sp³-hybridized carbons (Fsp3) is 0.400. The molecule has 0 bridgehead atoms. The molecule has 0 saturated carbocycles. The number of aliphatic hydroxyl groups excluding tert-OH is 1. The van der Waals surface area contributed by atoms with Crippen LogP contribution in [0.1, 0.15) is 0 Å². The minimum absolute atomic E-state index is 0.0336. The van der Waals surface area contributed by atoms with Crippen LogP contribution in [0.2, 0.25) is 0 Å². The van der Waals surface area contributed by atoms with E-state index in [1.54, 1.807) is 0 Å². The van der Waals surface area contributed by atoms with E-state index < -0.39 is 16.1 Å². The van der Waals surface area contributed by atoms with E-state index in [-0.39, 0.29) is 18.0 Å². The van der Waals surface area contributed by atoms with Gasteiger partial charge in [-0.2, -0.15) is 0 Å². The second-order valence-electron chi connectivity index (χ2n) is 3.77. The Hall–Kier alpha value is -0.190. The number of methoxy groups -OCH3 is 1. The minimum Gasteiger partial charge on any atom is -0.399 e. The number of hydrogen-bond acceptors (Lipinski definition) is 5. The van der Waals surface area contributed by atoms with Gasteiger partial charge in [-0.05, 0) is 44.0 Å². The molecule has 1 unspecified atom stereocenters. The van der Waals surface area contributed by atoms with Gasteiger partial charge in [0.25, 0.3) is 0 Å². The molecule has 1 aromatic rings. The molecule has 108 valence electrons. The molecule has 9 heteroatoms. The van der Waals surface area contributed by atoms with Crippen molar-refractivity contribution < 1.29 is 18.3 Å². The summed E-state index contributed by atoms with van der Waals surface area (Å²) >= 11 is 6.31. The molecule has 4 N–H and O–H groups in total. The standard InChI is InChI=1S/C10H14Br2N2O4S/c1-18-5-7(15)4-14-19(16,17)10-8(11)2-6(13)3-9(10)12/h2-3,7,14-15H,4-5,13H2,1H3. The molecule has 0 saturated heterocycles. The maximum atomic E-state index is 12.1. The Morgan fingerprint density at radius 1 is 1.42 bits per heavy atom. The Morgan fingerprint density at radius 2 is 1.95 bits per heavy atom. The highest BCUT2D eigenvalue weighted by molar-refractivity contribution is 9.11. The molecule has 0 aliphatic carbocycles. The predicted molar refractivity (Wildman–Crippen MR) is 79.3 cm³/mol. The number of sulfonamides is 1. The van der Waals surface area contributed by atoms with Gasteiger partial charge in [-0.25, -0.2) is 13.1 Å². The Kier molecular flexibility index (Phi) is 6.21. The molecular weight excluding hydrogens is 404 g/mol. The summed E-state index contributed by atoms with van der Waals surface area (Å²) in [6, 6.07) is 2.98. The normalized spacial score (nSPS) is 13.5. The summed E-state index contributed by atoms with van der Waals surface area (Å²) in [6.07, 6.45) is -0.911. The maximum absolute atomic E-state index is 12.1. The highest BCUT2D eigenvalue weighted by Crippen LogP contribution is 2.32. The van der Waals surface area contributed by atoms with Crippen LogP contribution >= 0.6 is 31.9 Å². The van der Waals surface area contributed by atoms with Gasteiger partial charge in [0.15, 0.2) is 0 Å². The summed E-state index contributed by atoms with van der Waals surface area (Å²) in [7, 11) is -2.35. The van der Waals surface area contributed by atoms with Gasteiger partial charge in [0.2, 0.25) is 10.0 Å². The number of benzene rings is 1. The molecule has 0 radical (unpaired) electrons. The van der Waals surface area contributed by atoms with Gasteiger partial charge in [0.05, 0.1) is 12.7 Å². The van der Waals surface area contributed by atoms with Gasteiger partial charge >= 0.3 is 0 Å². The van der Waals surface area contributed by atoms with Crippen LogP contribution in [0.3, 0.4) is 0 Å². The minimum atomic E-state index is -3.77. The fourth-order valence-corrected chi connectivity index (χ4v) is 5.05. The third kappa shape index (κ3) is 4.69. The first kappa shape index (κ1) is 16.9. The third-order valence-corrected chi connectivity index (χ3v) is 5.46. The summed E-state index contributed by atoms with van der Waals surface area (Å²) in [4.78, 5) is 0.0336. The average Bonchev–Trinajstić information content (AvgIpc) is 2.25. The van der Waals surface area contributed by atoms with Gasteiger partial charge in [0, 0.05) is 28.3 Å². The zero-order valence-electron chi connectivity index (χ0n) is 10.1. The van der Waals surface area contributed by atoms with Crippen molar-refractivity contribution in [2.75, 3.05) is 26.0 Å². The van der Waals surface area contributed by atoms with Crippen molar-refractivity contribution in [3.63, 3.8) is 0 Å². The Bertz CT molecular complexity index is 527. The van der Waals surface area contributed by atoms with Crippen LogP contribution in [0, 0.1) is 0 Å². The van der Waals surface area contributed by atoms with E-state index in [9.17, 15) is 13.5 Å². The van der Waals surface area contributed by atoms with E-state index in [0.717, 1.165) is 0 Å². The molecule has 0 aliphatic rings. The van der Waals surface area contributed by atoms with Gasteiger partial charge in [-0.1, -0.05) is 0 Å². The van der Waals surface area contributed by atoms with Gasteiger partial charge in [0.1, 0.15) is 4.90 Å². The first-order valence-electron chi connectivity index (χ1n) is 5.19. The molecule has 1 rings (SSSR count). The van der Waals surface area contributed by atoms with Crippen molar-refractivity contribution in [1.82, 2.24) is 4.72 Å². The lowest BCUT2D eigenvalue weighted by atomic mass is 10.3. The average molecular weight is 418 g/mol. The summed E-state index contributed by atoms with van der Waals surface area (Å²) in [5, 5.41) is 9.45. The molecule has 0 aliphatic heterocycles. The van der Waals surface area contributed by atoms with E-state index in [2.05, 4.69) is 36.6 Å². The molecule has 1 aromatic carbocycles. The molecular formula is C10H14Br2N2O4S. The maximum Gasteiger partial charge on any atom is 0.242 e. The first-order valence-corrected chi connectivity index (χ1v) is 8.26. The monoisotopic (exact) mass is 416 g/mol. The molecule has 0 aromatic heterocycles. The quantitative estimate of drug-likeness (QED) is 0.601. The first-order chi connectivity index (χ1) is 8.77. The second-order valence-corrected chi connectivity index (χ2v) is 7.19. The topological polar surface area (TPSA) is 102 Å². The van der Waals surface area contributed by atoms with Gasteiger partial charge < -0.3 is 15.6 Å². The van der Waals surface area contributed by atoms with Crippen molar-refractivity contribution in [2.45, 2.75) is 11.0 Å². The van der Waals surface area contributed by atoms with E-state index in [4.69, 9.17) is 10.5 Å². The zero-order chi connectivity index (χ0) is 14.6. The number of nitrogens with one attached hydrogen (secondary N) is 1. The lowest BCUT2D eigenvalue weighted by Crippen LogP contribution is -2.34. The van der Waals surface area contributed by atoms with Crippen LogP contribution in [-0.4, -0.2) is 39.9 Å². The summed E-state index contributed by atoms with van der Waals surface area (Å²) in [5.74, 6) is 0. The van der Waals surface area contributed by atoms with Crippen LogP contribution in [0.15, 0.2) is 26.0 Å². The number of anilines is 1. The molecule has 0 fully saturated rings. The van der Waals surface area contributed by atoms with Crippen molar-refractivity contribution in [1.29, 1.82) is 0 Å². The number of halogens is 2. The number of aliphatic hydroxyl groups is 1. The number of nitrogens with two attached hydrogens (primary N) is 1. The lowest BCUT2D eigenvalue weighted by Gasteiger charge is -2.13. The molecule has 0 spiro atoms. The molecule has 0 heterocycles.